The van der Waals surface area contributed by atoms with Gasteiger partial charge in [0.15, 0.2) is 0 Å². The quantitative estimate of drug-likeness (QED) is 0.873. The van der Waals surface area contributed by atoms with Gasteiger partial charge in [0.05, 0.1) is 23.3 Å². The number of fused-ring (bicyclic) bond motifs is 1. The molecule has 0 saturated carbocycles. The highest BCUT2D eigenvalue weighted by Crippen LogP contribution is 2.18. The Hall–Kier alpha value is -2.37. The average Bonchev–Trinajstić information content (AvgIpc) is 3.00. The largest absolute Gasteiger partial charge is 0.369 e. The van der Waals surface area contributed by atoms with Crippen LogP contribution in [0, 0.1) is 5.92 Å². The maximum atomic E-state index is 11.8. The number of primary amides is 1. The SMILES string of the molecule is NC(=O)C1CC(=O)N(CCn2cnc3ccccc32)C1. The molecule has 2 aromatic rings. The molecule has 0 bridgehead atoms. The zero-order valence-corrected chi connectivity index (χ0v) is 11.0. The van der Waals surface area contributed by atoms with Gasteiger partial charge in [0.25, 0.3) is 0 Å². The number of likely N-dealkylation sites (tertiary alicyclic amines) is 1. The van der Waals surface area contributed by atoms with E-state index in [0.29, 0.717) is 19.6 Å². The second-order valence-electron chi connectivity index (χ2n) is 5.07. The Morgan fingerprint density at radius 2 is 2.15 bits per heavy atom. The van der Waals surface area contributed by atoms with E-state index in [4.69, 9.17) is 5.73 Å². The maximum Gasteiger partial charge on any atom is 0.223 e. The molecule has 104 valence electrons. The van der Waals surface area contributed by atoms with Gasteiger partial charge < -0.3 is 15.2 Å². The maximum absolute atomic E-state index is 11.8. The van der Waals surface area contributed by atoms with E-state index >= 15 is 0 Å². The van der Waals surface area contributed by atoms with Crippen molar-refractivity contribution in [1.29, 1.82) is 0 Å². The van der Waals surface area contributed by atoms with Crippen LogP contribution < -0.4 is 5.73 Å². The minimum absolute atomic E-state index is 0.00165. The van der Waals surface area contributed by atoms with E-state index in [9.17, 15) is 9.59 Å². The van der Waals surface area contributed by atoms with Crippen LogP contribution in [0.2, 0.25) is 0 Å². The van der Waals surface area contributed by atoms with Crippen molar-refractivity contribution in [1.82, 2.24) is 14.5 Å². The van der Waals surface area contributed by atoms with E-state index in [1.54, 1.807) is 11.2 Å². The van der Waals surface area contributed by atoms with E-state index in [-0.39, 0.29) is 18.2 Å². The van der Waals surface area contributed by atoms with Crippen LogP contribution in [-0.2, 0) is 16.1 Å². The summed E-state index contributed by atoms with van der Waals surface area (Å²) in [6.45, 7) is 1.67. The highest BCUT2D eigenvalue weighted by atomic mass is 16.2. The monoisotopic (exact) mass is 272 g/mol. The number of nitrogens with two attached hydrogens (primary N) is 1. The normalized spacial score (nSPS) is 18.9. The lowest BCUT2D eigenvalue weighted by Crippen LogP contribution is -2.31. The first-order valence-corrected chi connectivity index (χ1v) is 6.62. The number of nitrogens with zero attached hydrogens (tertiary/aromatic N) is 3. The lowest BCUT2D eigenvalue weighted by Gasteiger charge is -2.16. The number of carbonyl (C=O) groups excluding carboxylic acids is 2. The second kappa shape index (κ2) is 4.96. The molecule has 1 saturated heterocycles. The predicted octanol–water partition coefficient (Wildman–Crippen LogP) is 0.370. The fraction of sp³-hybridized carbons (Fsp3) is 0.357. The second-order valence-corrected chi connectivity index (χ2v) is 5.07. The standard InChI is InChI=1S/C14H16N4O2/c15-14(20)10-7-13(19)17(8-10)5-6-18-9-16-11-3-1-2-4-12(11)18/h1-4,9-10H,5-8H2,(H2,15,20). The summed E-state index contributed by atoms with van der Waals surface area (Å²) in [7, 11) is 0. The summed E-state index contributed by atoms with van der Waals surface area (Å²) >= 11 is 0. The van der Waals surface area contributed by atoms with Gasteiger partial charge in [-0.1, -0.05) is 12.1 Å². The van der Waals surface area contributed by atoms with Crippen LogP contribution in [0.15, 0.2) is 30.6 Å². The number of imidazole rings is 1. The predicted molar refractivity (Wildman–Crippen MR) is 73.6 cm³/mol. The molecule has 1 aliphatic heterocycles. The lowest BCUT2D eigenvalue weighted by molar-refractivity contribution is -0.128. The number of aromatic nitrogens is 2. The van der Waals surface area contributed by atoms with Crippen LogP contribution >= 0.6 is 0 Å². The minimum atomic E-state index is -0.395. The number of amides is 2. The Balaban J connectivity index is 1.68. The summed E-state index contributed by atoms with van der Waals surface area (Å²) < 4.78 is 2.01. The van der Waals surface area contributed by atoms with Crippen LogP contribution in [0.4, 0.5) is 0 Å². The molecule has 1 aromatic heterocycles. The molecule has 1 unspecified atom stereocenters. The Morgan fingerprint density at radius 3 is 2.90 bits per heavy atom. The van der Waals surface area contributed by atoms with E-state index in [1.165, 1.54) is 0 Å². The fourth-order valence-electron chi connectivity index (χ4n) is 2.60. The molecule has 6 heteroatoms. The van der Waals surface area contributed by atoms with E-state index in [1.807, 2.05) is 28.8 Å². The number of rotatable bonds is 4. The minimum Gasteiger partial charge on any atom is -0.369 e. The molecule has 2 heterocycles. The molecule has 1 fully saturated rings. The van der Waals surface area contributed by atoms with Crippen LogP contribution in [0.25, 0.3) is 11.0 Å². The summed E-state index contributed by atoms with van der Waals surface area (Å²) in [5.74, 6) is -0.741. The highest BCUT2D eigenvalue weighted by Gasteiger charge is 2.32. The highest BCUT2D eigenvalue weighted by molar-refractivity contribution is 5.88. The number of para-hydroxylation sites is 2. The van der Waals surface area contributed by atoms with Crippen molar-refractivity contribution in [2.24, 2.45) is 11.7 Å². The van der Waals surface area contributed by atoms with Gasteiger partial charge in [0, 0.05) is 26.1 Å². The molecule has 1 aromatic carbocycles. The number of carbonyl (C=O) groups is 2. The Kier molecular flexibility index (Phi) is 3.14. The average molecular weight is 272 g/mol. The molecular formula is C14H16N4O2. The van der Waals surface area contributed by atoms with E-state index < -0.39 is 5.91 Å². The van der Waals surface area contributed by atoms with E-state index in [2.05, 4.69) is 4.98 Å². The molecule has 0 spiro atoms. The molecule has 6 nitrogen and oxygen atoms in total. The van der Waals surface area contributed by atoms with Crippen molar-refractivity contribution >= 4 is 22.8 Å². The van der Waals surface area contributed by atoms with Gasteiger partial charge in [-0.25, -0.2) is 4.98 Å². The molecule has 3 rings (SSSR count). The van der Waals surface area contributed by atoms with Crippen molar-refractivity contribution in [3.05, 3.63) is 30.6 Å². The zero-order chi connectivity index (χ0) is 14.1. The summed E-state index contributed by atoms with van der Waals surface area (Å²) in [5, 5.41) is 0. The molecule has 20 heavy (non-hydrogen) atoms. The van der Waals surface area contributed by atoms with Crippen molar-refractivity contribution in [3.8, 4) is 0 Å². The van der Waals surface area contributed by atoms with Crippen molar-refractivity contribution < 1.29 is 9.59 Å². The zero-order valence-electron chi connectivity index (χ0n) is 11.0. The van der Waals surface area contributed by atoms with Crippen LogP contribution in [0.3, 0.4) is 0 Å². The lowest BCUT2D eigenvalue weighted by atomic mass is 10.1. The van der Waals surface area contributed by atoms with Crippen LogP contribution in [0.1, 0.15) is 6.42 Å². The smallest absolute Gasteiger partial charge is 0.223 e. The topological polar surface area (TPSA) is 81.2 Å². The van der Waals surface area contributed by atoms with Gasteiger partial charge in [-0.05, 0) is 12.1 Å². The van der Waals surface area contributed by atoms with Gasteiger partial charge in [0.2, 0.25) is 11.8 Å². The van der Waals surface area contributed by atoms with Crippen LogP contribution in [0.5, 0.6) is 0 Å². The van der Waals surface area contributed by atoms with Crippen molar-refractivity contribution in [2.45, 2.75) is 13.0 Å². The Bertz CT molecular complexity index is 664. The summed E-state index contributed by atoms with van der Waals surface area (Å²) in [6, 6.07) is 7.86. The fourth-order valence-corrected chi connectivity index (χ4v) is 2.60. The number of hydrogen-bond donors (Lipinski definition) is 1. The molecule has 2 N–H and O–H groups in total. The number of benzene rings is 1. The Morgan fingerprint density at radius 1 is 1.35 bits per heavy atom. The first-order chi connectivity index (χ1) is 9.65. The van der Waals surface area contributed by atoms with Crippen molar-refractivity contribution in [2.75, 3.05) is 13.1 Å². The van der Waals surface area contributed by atoms with Crippen molar-refractivity contribution in [3.63, 3.8) is 0 Å². The first-order valence-electron chi connectivity index (χ1n) is 6.62. The molecule has 0 aliphatic carbocycles. The third-order valence-corrected chi connectivity index (χ3v) is 3.76. The van der Waals surface area contributed by atoms with Gasteiger partial charge in [0.1, 0.15) is 0 Å². The number of hydrogen-bond acceptors (Lipinski definition) is 3. The summed E-state index contributed by atoms with van der Waals surface area (Å²) in [5.41, 5.74) is 7.24. The molecule has 1 atom stereocenters. The third-order valence-electron chi connectivity index (χ3n) is 3.76. The molecule has 1 aliphatic rings. The molecule has 0 radical (unpaired) electrons. The summed E-state index contributed by atoms with van der Waals surface area (Å²) in [6.07, 6.45) is 2.01. The van der Waals surface area contributed by atoms with Gasteiger partial charge in [-0.2, -0.15) is 0 Å². The van der Waals surface area contributed by atoms with E-state index in [0.717, 1.165) is 11.0 Å². The molecular weight excluding hydrogens is 256 g/mol. The van der Waals surface area contributed by atoms with Crippen LogP contribution in [-0.4, -0.2) is 39.4 Å². The van der Waals surface area contributed by atoms with Gasteiger partial charge in [-0.15, -0.1) is 0 Å². The third kappa shape index (κ3) is 2.24. The first kappa shape index (κ1) is 12.7. The summed E-state index contributed by atoms with van der Waals surface area (Å²) in [4.78, 5) is 28.9. The Labute approximate surface area is 116 Å². The van der Waals surface area contributed by atoms with Gasteiger partial charge in [-0.3, -0.25) is 9.59 Å². The van der Waals surface area contributed by atoms with Gasteiger partial charge >= 0.3 is 0 Å². The molecule has 2 amide bonds.